The lowest BCUT2D eigenvalue weighted by molar-refractivity contribution is -0.137. The van der Waals surface area contributed by atoms with E-state index in [0.717, 1.165) is 12.8 Å². The first-order chi connectivity index (χ1) is 5.74. The average molecular weight is 166 g/mol. The van der Waals surface area contributed by atoms with Crippen LogP contribution in [0.4, 0.5) is 0 Å². The van der Waals surface area contributed by atoms with Crippen LogP contribution in [0.2, 0.25) is 0 Å². The molecule has 0 bridgehead atoms. The predicted octanol–water partition coefficient (Wildman–Crippen LogP) is 2.21. The summed E-state index contributed by atoms with van der Waals surface area (Å²) in [7, 11) is 0. The Hall–Kier alpha value is -1.05. The van der Waals surface area contributed by atoms with E-state index in [9.17, 15) is 4.79 Å². The number of esters is 1. The maximum absolute atomic E-state index is 10.9. The first kappa shape index (κ1) is 9.04. The van der Waals surface area contributed by atoms with Crippen LogP contribution in [0.1, 0.15) is 26.2 Å². The Bertz CT molecular complexity index is 200. The quantitative estimate of drug-likeness (QED) is 0.365. The molecule has 0 aromatic rings. The number of ether oxygens (including phenoxy) is 1. The van der Waals surface area contributed by atoms with Gasteiger partial charge >= 0.3 is 5.97 Å². The summed E-state index contributed by atoms with van der Waals surface area (Å²) < 4.78 is 4.99. The van der Waals surface area contributed by atoms with E-state index in [1.54, 1.807) is 0 Å². The molecule has 1 heterocycles. The lowest BCUT2D eigenvalue weighted by Gasteiger charge is -1.99. The molecule has 1 saturated heterocycles. The molecule has 0 saturated carbocycles. The molecule has 0 N–H and O–H groups in total. The molecule has 1 aliphatic rings. The van der Waals surface area contributed by atoms with Crippen molar-refractivity contribution in [3.8, 4) is 0 Å². The van der Waals surface area contributed by atoms with E-state index in [-0.39, 0.29) is 12.1 Å². The van der Waals surface area contributed by atoms with Crippen molar-refractivity contribution in [1.82, 2.24) is 0 Å². The van der Waals surface area contributed by atoms with Gasteiger partial charge in [0.1, 0.15) is 6.10 Å². The molecule has 1 atom stereocenters. The van der Waals surface area contributed by atoms with Crippen LogP contribution in [0.5, 0.6) is 0 Å². The molecule has 1 aliphatic heterocycles. The highest BCUT2D eigenvalue weighted by Gasteiger charge is 2.24. The van der Waals surface area contributed by atoms with Gasteiger partial charge in [0.25, 0.3) is 0 Å². The van der Waals surface area contributed by atoms with Gasteiger partial charge in [0.15, 0.2) is 0 Å². The zero-order valence-electron chi connectivity index (χ0n) is 7.38. The summed E-state index contributed by atoms with van der Waals surface area (Å²) in [5.74, 6) is -0.249. The third kappa shape index (κ3) is 2.22. The van der Waals surface area contributed by atoms with Crippen molar-refractivity contribution in [1.29, 1.82) is 0 Å². The second kappa shape index (κ2) is 4.10. The molecule has 66 valence electrons. The average Bonchev–Trinajstić information content (AvgIpc) is 2.32. The summed E-state index contributed by atoms with van der Waals surface area (Å²) in [5.41, 5.74) is 0.584. The number of carbonyl (C=O) groups is 1. The SMILES string of the molecule is C=C1C[C@H](/C=C/CCC)OC1=O. The lowest BCUT2D eigenvalue weighted by atomic mass is 10.1. The molecule has 2 heteroatoms. The fourth-order valence-electron chi connectivity index (χ4n) is 1.11. The summed E-state index contributed by atoms with van der Waals surface area (Å²) in [6, 6.07) is 0. The molecule has 2 nitrogen and oxygen atoms in total. The van der Waals surface area contributed by atoms with Gasteiger partial charge in [0, 0.05) is 12.0 Å². The van der Waals surface area contributed by atoms with E-state index in [0.29, 0.717) is 12.0 Å². The fraction of sp³-hybridized carbons (Fsp3) is 0.500. The number of allylic oxidation sites excluding steroid dienone is 1. The van der Waals surface area contributed by atoms with Gasteiger partial charge in [-0.1, -0.05) is 26.0 Å². The number of carbonyl (C=O) groups excluding carboxylic acids is 1. The number of hydrogen-bond acceptors (Lipinski definition) is 2. The summed E-state index contributed by atoms with van der Waals surface area (Å²) in [6.07, 6.45) is 6.75. The van der Waals surface area contributed by atoms with Crippen LogP contribution >= 0.6 is 0 Å². The number of unbranched alkanes of at least 4 members (excludes halogenated alkanes) is 1. The molecule has 12 heavy (non-hydrogen) atoms. The van der Waals surface area contributed by atoms with E-state index in [4.69, 9.17) is 4.74 Å². The molecule has 1 rings (SSSR count). The van der Waals surface area contributed by atoms with Crippen LogP contribution in [0.25, 0.3) is 0 Å². The van der Waals surface area contributed by atoms with Crippen LogP contribution in [0.3, 0.4) is 0 Å². The van der Waals surface area contributed by atoms with Crippen molar-refractivity contribution < 1.29 is 9.53 Å². The monoisotopic (exact) mass is 166 g/mol. The van der Waals surface area contributed by atoms with Gasteiger partial charge < -0.3 is 4.74 Å². The van der Waals surface area contributed by atoms with Crippen molar-refractivity contribution >= 4 is 5.97 Å². The van der Waals surface area contributed by atoms with E-state index in [2.05, 4.69) is 19.6 Å². The van der Waals surface area contributed by atoms with Crippen molar-refractivity contribution in [2.45, 2.75) is 32.3 Å². The molecule has 0 aromatic heterocycles. The highest BCUT2D eigenvalue weighted by atomic mass is 16.5. The Kier molecular flexibility index (Phi) is 3.09. The number of rotatable bonds is 3. The van der Waals surface area contributed by atoms with Gasteiger partial charge in [-0.25, -0.2) is 4.79 Å². The predicted molar refractivity (Wildman–Crippen MR) is 47.7 cm³/mol. The molecular weight excluding hydrogens is 152 g/mol. The second-order valence-electron chi connectivity index (χ2n) is 2.97. The maximum Gasteiger partial charge on any atom is 0.334 e. The normalized spacial score (nSPS) is 23.6. The zero-order chi connectivity index (χ0) is 8.97. The molecule has 0 aromatic carbocycles. The molecular formula is C10H14O2. The van der Waals surface area contributed by atoms with Gasteiger partial charge in [-0.15, -0.1) is 0 Å². The molecule has 0 unspecified atom stereocenters. The molecule has 1 fully saturated rings. The first-order valence-corrected chi connectivity index (χ1v) is 4.29. The highest BCUT2D eigenvalue weighted by molar-refractivity contribution is 5.90. The number of hydrogen-bond donors (Lipinski definition) is 0. The van der Waals surface area contributed by atoms with Gasteiger partial charge in [0.2, 0.25) is 0 Å². The van der Waals surface area contributed by atoms with Gasteiger partial charge in [-0.05, 0) is 12.5 Å². The lowest BCUT2D eigenvalue weighted by Crippen LogP contribution is -2.01. The van der Waals surface area contributed by atoms with Crippen LogP contribution in [-0.4, -0.2) is 12.1 Å². The van der Waals surface area contributed by atoms with Crippen LogP contribution < -0.4 is 0 Å². The molecule has 0 radical (unpaired) electrons. The Morgan fingerprint density at radius 3 is 3.00 bits per heavy atom. The third-order valence-corrected chi connectivity index (χ3v) is 1.80. The summed E-state index contributed by atoms with van der Waals surface area (Å²) >= 11 is 0. The highest BCUT2D eigenvalue weighted by Crippen LogP contribution is 2.19. The molecule has 0 aliphatic carbocycles. The smallest absolute Gasteiger partial charge is 0.334 e. The fourth-order valence-corrected chi connectivity index (χ4v) is 1.11. The first-order valence-electron chi connectivity index (χ1n) is 4.29. The summed E-state index contributed by atoms with van der Waals surface area (Å²) in [5, 5.41) is 0. The summed E-state index contributed by atoms with van der Waals surface area (Å²) in [4.78, 5) is 10.9. The minimum atomic E-state index is -0.249. The Balaban J connectivity index is 2.37. The van der Waals surface area contributed by atoms with E-state index >= 15 is 0 Å². The minimum Gasteiger partial charge on any atom is -0.454 e. The van der Waals surface area contributed by atoms with E-state index < -0.39 is 0 Å². The van der Waals surface area contributed by atoms with Crippen LogP contribution in [0.15, 0.2) is 24.3 Å². The maximum atomic E-state index is 10.9. The number of cyclic esters (lactones) is 1. The van der Waals surface area contributed by atoms with E-state index in [1.165, 1.54) is 0 Å². The molecule has 0 spiro atoms. The largest absolute Gasteiger partial charge is 0.454 e. The Labute approximate surface area is 72.9 Å². The van der Waals surface area contributed by atoms with Gasteiger partial charge in [0.05, 0.1) is 0 Å². The van der Waals surface area contributed by atoms with Crippen molar-refractivity contribution in [3.05, 3.63) is 24.3 Å². The standard InChI is InChI=1S/C10H14O2/c1-3-4-5-6-9-7-8(2)10(11)12-9/h5-6,9H,2-4,7H2,1H3/b6-5+/t9-/m0/s1. The van der Waals surface area contributed by atoms with Crippen molar-refractivity contribution in [2.75, 3.05) is 0 Å². The van der Waals surface area contributed by atoms with Gasteiger partial charge in [-0.2, -0.15) is 0 Å². The van der Waals surface area contributed by atoms with Crippen LogP contribution in [-0.2, 0) is 9.53 Å². The van der Waals surface area contributed by atoms with Crippen molar-refractivity contribution in [2.24, 2.45) is 0 Å². The second-order valence-corrected chi connectivity index (χ2v) is 2.97. The zero-order valence-corrected chi connectivity index (χ0v) is 7.38. The topological polar surface area (TPSA) is 26.3 Å². The Morgan fingerprint density at radius 2 is 2.50 bits per heavy atom. The summed E-state index contributed by atoms with van der Waals surface area (Å²) in [6.45, 7) is 5.72. The van der Waals surface area contributed by atoms with Crippen LogP contribution in [0, 0.1) is 0 Å². The van der Waals surface area contributed by atoms with Gasteiger partial charge in [-0.3, -0.25) is 0 Å². The third-order valence-electron chi connectivity index (χ3n) is 1.80. The van der Waals surface area contributed by atoms with E-state index in [1.807, 2.05) is 6.08 Å². The molecule has 0 amide bonds. The Morgan fingerprint density at radius 1 is 1.75 bits per heavy atom. The van der Waals surface area contributed by atoms with Crippen molar-refractivity contribution in [3.63, 3.8) is 0 Å². The minimum absolute atomic E-state index is 0.0588.